The van der Waals surface area contributed by atoms with Gasteiger partial charge in [-0.1, -0.05) is 25.7 Å². The minimum Gasteiger partial charge on any atom is -0.365 e. The molecule has 1 aliphatic carbocycles. The third-order valence-corrected chi connectivity index (χ3v) is 6.46. The molecule has 1 aromatic rings. The van der Waals surface area contributed by atoms with Gasteiger partial charge in [0.05, 0.1) is 18.1 Å². The first-order valence-electron chi connectivity index (χ1n) is 11.8. The van der Waals surface area contributed by atoms with Crippen LogP contribution < -0.4 is 10.8 Å². The fraction of sp³-hybridized carbons (Fsp3) is 0.696. The van der Waals surface area contributed by atoms with Crippen molar-refractivity contribution < 1.29 is 14.4 Å². The molecule has 2 aliphatic heterocycles. The van der Waals surface area contributed by atoms with E-state index in [2.05, 4.69) is 25.7 Å². The van der Waals surface area contributed by atoms with Gasteiger partial charge in [-0.25, -0.2) is 15.3 Å². The molecule has 31 heavy (non-hydrogen) atoms. The van der Waals surface area contributed by atoms with Gasteiger partial charge in [-0.2, -0.15) is 0 Å². The van der Waals surface area contributed by atoms with Crippen molar-refractivity contribution in [3.05, 3.63) is 24.2 Å². The van der Waals surface area contributed by atoms with Gasteiger partial charge in [0.1, 0.15) is 5.82 Å². The molecule has 3 heterocycles. The Morgan fingerprint density at radius 1 is 1.16 bits per heavy atom. The topological polar surface area (TPSA) is 88.6 Å². The molecule has 170 valence electrons. The van der Waals surface area contributed by atoms with Crippen LogP contribution in [0.25, 0.3) is 6.08 Å². The Morgan fingerprint density at radius 3 is 2.81 bits per heavy atom. The number of nitrogens with one attached hydrogen (secondary N) is 2. The number of hydrogen-bond acceptors (Lipinski definition) is 7. The third kappa shape index (κ3) is 7.26. The molecule has 0 radical (unpaired) electrons. The second kappa shape index (κ2) is 11.5. The number of carbonyl (C=O) groups is 1. The summed E-state index contributed by atoms with van der Waals surface area (Å²) in [7, 11) is 0. The molecule has 8 nitrogen and oxygen atoms in total. The van der Waals surface area contributed by atoms with Crippen molar-refractivity contribution in [2.45, 2.75) is 70.1 Å². The highest BCUT2D eigenvalue weighted by atomic mass is 16.8. The van der Waals surface area contributed by atoms with E-state index in [-0.39, 0.29) is 12.2 Å². The number of ether oxygens (including phenoxy) is 1. The Hall–Kier alpha value is -2.03. The zero-order valence-corrected chi connectivity index (χ0v) is 18.3. The minimum atomic E-state index is -0.356. The Morgan fingerprint density at radius 2 is 2.03 bits per heavy atom. The number of likely N-dealkylation sites (tertiary alicyclic amines) is 1. The van der Waals surface area contributed by atoms with Crippen molar-refractivity contribution in [1.29, 1.82) is 0 Å². The SMILES string of the molecule is O=C(C=Cc1cnc(N[C@@H]2CCN(CCC3CCCC3)C2)cn1)NOC1CCCCO1. The highest BCUT2D eigenvalue weighted by molar-refractivity contribution is 5.90. The Bertz CT molecular complexity index is 714. The first-order valence-corrected chi connectivity index (χ1v) is 11.8. The Balaban J connectivity index is 1.15. The standard InChI is InChI=1S/C23H35N5O3/c29-22(27-31-23-7-3-4-14-30-23)9-8-19-15-25-21(16-24-19)26-20-11-13-28(17-20)12-10-18-5-1-2-6-18/h8-9,15-16,18,20,23H,1-7,10-14,17H2,(H,25,26)(H,27,29)/t20-,23?/m1/s1. The van der Waals surface area contributed by atoms with Crippen molar-refractivity contribution >= 4 is 17.8 Å². The van der Waals surface area contributed by atoms with Crippen LogP contribution in [0.5, 0.6) is 0 Å². The minimum absolute atomic E-state index is 0.346. The molecule has 2 atom stereocenters. The van der Waals surface area contributed by atoms with Crippen LogP contribution in [0, 0.1) is 5.92 Å². The van der Waals surface area contributed by atoms with E-state index in [0.717, 1.165) is 50.5 Å². The zero-order valence-electron chi connectivity index (χ0n) is 18.3. The summed E-state index contributed by atoms with van der Waals surface area (Å²) in [6, 6.07) is 0.421. The molecule has 0 spiro atoms. The molecule has 0 bridgehead atoms. The first kappa shape index (κ1) is 22.2. The van der Waals surface area contributed by atoms with Crippen LogP contribution in [-0.4, -0.2) is 59.3 Å². The molecule has 2 N–H and O–H groups in total. The smallest absolute Gasteiger partial charge is 0.267 e. The van der Waals surface area contributed by atoms with E-state index < -0.39 is 0 Å². The van der Waals surface area contributed by atoms with Crippen molar-refractivity contribution in [2.24, 2.45) is 5.92 Å². The van der Waals surface area contributed by atoms with E-state index in [1.165, 1.54) is 44.7 Å². The van der Waals surface area contributed by atoms with Crippen molar-refractivity contribution in [3.63, 3.8) is 0 Å². The number of hydrogen-bond donors (Lipinski definition) is 2. The summed E-state index contributed by atoms with van der Waals surface area (Å²) in [5.74, 6) is 1.39. The van der Waals surface area contributed by atoms with Crippen LogP contribution in [0.3, 0.4) is 0 Å². The van der Waals surface area contributed by atoms with E-state index >= 15 is 0 Å². The maximum absolute atomic E-state index is 11.9. The summed E-state index contributed by atoms with van der Waals surface area (Å²) >= 11 is 0. The molecule has 3 aliphatic rings. The monoisotopic (exact) mass is 429 g/mol. The summed E-state index contributed by atoms with van der Waals surface area (Å²) in [4.78, 5) is 28.5. The van der Waals surface area contributed by atoms with Crippen LogP contribution >= 0.6 is 0 Å². The van der Waals surface area contributed by atoms with Gasteiger partial charge >= 0.3 is 0 Å². The van der Waals surface area contributed by atoms with Gasteiger partial charge in [0.25, 0.3) is 5.91 Å². The van der Waals surface area contributed by atoms with Gasteiger partial charge in [-0.15, -0.1) is 0 Å². The molecule has 1 unspecified atom stereocenters. The summed E-state index contributed by atoms with van der Waals surface area (Å²) < 4.78 is 5.41. The summed E-state index contributed by atoms with van der Waals surface area (Å²) in [5, 5.41) is 3.49. The molecule has 8 heteroatoms. The van der Waals surface area contributed by atoms with E-state index in [1.807, 2.05) is 0 Å². The van der Waals surface area contributed by atoms with Gasteiger partial charge in [-0.05, 0) is 44.2 Å². The van der Waals surface area contributed by atoms with E-state index in [9.17, 15) is 4.79 Å². The van der Waals surface area contributed by atoms with Crippen molar-refractivity contribution in [2.75, 3.05) is 31.6 Å². The highest BCUT2D eigenvalue weighted by Crippen LogP contribution is 2.28. The van der Waals surface area contributed by atoms with E-state index in [4.69, 9.17) is 9.57 Å². The quantitative estimate of drug-likeness (QED) is 0.460. The molecule has 1 amide bonds. The Labute approximate surface area is 184 Å². The van der Waals surface area contributed by atoms with Crippen LogP contribution in [0.1, 0.15) is 63.5 Å². The molecule has 3 fully saturated rings. The highest BCUT2D eigenvalue weighted by Gasteiger charge is 2.24. The molecule has 2 saturated heterocycles. The van der Waals surface area contributed by atoms with E-state index in [1.54, 1.807) is 18.5 Å². The summed E-state index contributed by atoms with van der Waals surface area (Å²) in [6.07, 6.45) is 17.1. The number of amides is 1. The predicted molar refractivity (Wildman–Crippen MR) is 119 cm³/mol. The summed E-state index contributed by atoms with van der Waals surface area (Å²) in [5.41, 5.74) is 3.02. The van der Waals surface area contributed by atoms with Gasteiger partial charge < -0.3 is 15.0 Å². The van der Waals surface area contributed by atoms with Gasteiger partial charge in [0, 0.05) is 38.2 Å². The van der Waals surface area contributed by atoms with Crippen LogP contribution in [0.4, 0.5) is 5.82 Å². The van der Waals surface area contributed by atoms with Crippen molar-refractivity contribution in [3.8, 4) is 0 Å². The predicted octanol–water partition coefficient (Wildman–Crippen LogP) is 3.13. The average Bonchev–Trinajstić information content (AvgIpc) is 3.48. The lowest BCUT2D eigenvalue weighted by molar-refractivity contribution is -0.198. The molecule has 4 rings (SSSR count). The molecular weight excluding hydrogens is 394 g/mol. The fourth-order valence-corrected chi connectivity index (χ4v) is 4.65. The second-order valence-corrected chi connectivity index (χ2v) is 8.91. The van der Waals surface area contributed by atoms with Gasteiger partial charge in [0.15, 0.2) is 6.29 Å². The molecule has 0 aromatic carbocycles. The van der Waals surface area contributed by atoms with Crippen molar-refractivity contribution in [1.82, 2.24) is 20.3 Å². The van der Waals surface area contributed by atoms with Gasteiger partial charge in [0.2, 0.25) is 0 Å². The largest absolute Gasteiger partial charge is 0.365 e. The average molecular weight is 430 g/mol. The first-order chi connectivity index (χ1) is 15.2. The molecule has 1 saturated carbocycles. The van der Waals surface area contributed by atoms with Gasteiger partial charge in [-0.3, -0.25) is 9.78 Å². The normalized spacial score (nSPS) is 25.3. The molecular formula is C23H35N5O3. The lowest BCUT2D eigenvalue weighted by atomic mass is 10.0. The molecule has 1 aromatic heterocycles. The zero-order chi connectivity index (χ0) is 21.3. The number of carbonyl (C=O) groups excluding carboxylic acids is 1. The number of hydroxylamine groups is 1. The maximum Gasteiger partial charge on any atom is 0.267 e. The summed E-state index contributed by atoms with van der Waals surface area (Å²) in [6.45, 7) is 4.12. The number of rotatable bonds is 9. The van der Waals surface area contributed by atoms with Crippen LogP contribution in [0.2, 0.25) is 0 Å². The lowest BCUT2D eigenvalue weighted by Gasteiger charge is -2.21. The number of nitrogens with zero attached hydrogens (tertiary/aromatic N) is 3. The number of aromatic nitrogens is 2. The lowest BCUT2D eigenvalue weighted by Crippen LogP contribution is -2.32. The van der Waals surface area contributed by atoms with Crippen LogP contribution in [-0.2, 0) is 14.4 Å². The second-order valence-electron chi connectivity index (χ2n) is 8.91. The maximum atomic E-state index is 11.9. The Kier molecular flexibility index (Phi) is 8.26. The fourth-order valence-electron chi connectivity index (χ4n) is 4.65. The number of anilines is 1. The van der Waals surface area contributed by atoms with E-state index in [0.29, 0.717) is 18.3 Å². The third-order valence-electron chi connectivity index (χ3n) is 6.46. The van der Waals surface area contributed by atoms with Crippen LogP contribution in [0.15, 0.2) is 18.5 Å².